The van der Waals surface area contributed by atoms with Crippen LogP contribution in [-0.2, 0) is 16.4 Å². The van der Waals surface area contributed by atoms with Gasteiger partial charge in [-0.3, -0.25) is 4.79 Å². The Morgan fingerprint density at radius 1 is 1.17 bits per heavy atom. The standard InChI is InChI=1S/C14H16N2O4S2.ClH/c15-9-11-3-6-13(21-11)22(19,20)12-4-1-10(2-5-12)14(18)16-7-8-17;/h1-6,17H,7-9,15H2,(H,16,18);1H. The van der Waals surface area contributed by atoms with Gasteiger partial charge >= 0.3 is 0 Å². The second kappa shape index (κ2) is 8.42. The Balaban J connectivity index is 0.00000264. The molecular formula is C14H17ClN2O4S2. The lowest BCUT2D eigenvalue weighted by molar-refractivity contribution is 0.0944. The third kappa shape index (κ3) is 4.52. The average molecular weight is 377 g/mol. The van der Waals surface area contributed by atoms with Crippen LogP contribution in [0.3, 0.4) is 0 Å². The van der Waals surface area contributed by atoms with Gasteiger partial charge in [-0.1, -0.05) is 0 Å². The fraction of sp³-hybridized carbons (Fsp3) is 0.214. The summed E-state index contributed by atoms with van der Waals surface area (Å²) in [4.78, 5) is 12.6. The van der Waals surface area contributed by atoms with E-state index in [-0.39, 0.29) is 40.6 Å². The van der Waals surface area contributed by atoms with Gasteiger partial charge in [0.1, 0.15) is 4.21 Å². The summed E-state index contributed by atoms with van der Waals surface area (Å²) in [6, 6.07) is 8.89. The van der Waals surface area contributed by atoms with Gasteiger partial charge in [-0.05, 0) is 36.4 Å². The van der Waals surface area contributed by atoms with Crippen LogP contribution >= 0.6 is 23.7 Å². The molecule has 0 aliphatic heterocycles. The zero-order chi connectivity index (χ0) is 16.2. The highest BCUT2D eigenvalue weighted by Crippen LogP contribution is 2.27. The molecule has 0 fully saturated rings. The lowest BCUT2D eigenvalue weighted by atomic mass is 10.2. The quantitative estimate of drug-likeness (QED) is 0.701. The highest BCUT2D eigenvalue weighted by Gasteiger charge is 2.20. The van der Waals surface area contributed by atoms with Crippen molar-refractivity contribution in [2.75, 3.05) is 13.2 Å². The van der Waals surface area contributed by atoms with Crippen LogP contribution in [0.2, 0.25) is 0 Å². The van der Waals surface area contributed by atoms with Crippen molar-refractivity contribution in [1.29, 1.82) is 0 Å². The summed E-state index contributed by atoms with van der Waals surface area (Å²) in [6.07, 6.45) is 0. The molecule has 0 aliphatic rings. The Bertz CT molecular complexity index is 757. The Hall–Kier alpha value is -1.45. The number of hydrogen-bond acceptors (Lipinski definition) is 6. The molecule has 2 aromatic rings. The van der Waals surface area contributed by atoms with Crippen molar-refractivity contribution >= 4 is 39.5 Å². The van der Waals surface area contributed by atoms with E-state index in [1.165, 1.54) is 30.3 Å². The lowest BCUT2D eigenvalue weighted by Gasteiger charge is -2.05. The van der Waals surface area contributed by atoms with Crippen LogP contribution in [0.15, 0.2) is 45.5 Å². The normalized spacial score (nSPS) is 10.9. The number of benzene rings is 1. The molecule has 126 valence electrons. The fourth-order valence-corrected chi connectivity index (χ4v) is 4.42. The number of halogens is 1. The van der Waals surface area contributed by atoms with Crippen molar-refractivity contribution < 1.29 is 18.3 Å². The van der Waals surface area contributed by atoms with E-state index in [0.717, 1.165) is 16.2 Å². The monoisotopic (exact) mass is 376 g/mol. The summed E-state index contributed by atoms with van der Waals surface area (Å²) in [5.41, 5.74) is 5.83. The Morgan fingerprint density at radius 2 is 1.83 bits per heavy atom. The maximum atomic E-state index is 12.5. The van der Waals surface area contributed by atoms with Gasteiger partial charge in [-0.15, -0.1) is 23.7 Å². The van der Waals surface area contributed by atoms with Crippen LogP contribution < -0.4 is 11.1 Å². The van der Waals surface area contributed by atoms with Crippen molar-refractivity contribution in [3.8, 4) is 0 Å². The van der Waals surface area contributed by atoms with Gasteiger partial charge in [0.25, 0.3) is 5.91 Å². The number of carbonyl (C=O) groups is 1. The van der Waals surface area contributed by atoms with Crippen LogP contribution in [0.4, 0.5) is 0 Å². The number of nitrogens with one attached hydrogen (secondary N) is 1. The first-order chi connectivity index (χ1) is 10.5. The summed E-state index contributed by atoms with van der Waals surface area (Å²) < 4.78 is 25.1. The van der Waals surface area contributed by atoms with E-state index in [9.17, 15) is 13.2 Å². The number of hydrogen-bond donors (Lipinski definition) is 3. The highest BCUT2D eigenvalue weighted by molar-refractivity contribution is 7.93. The molecule has 0 bridgehead atoms. The van der Waals surface area contributed by atoms with Crippen LogP contribution in [0, 0.1) is 0 Å². The molecule has 0 saturated heterocycles. The second-order valence-corrected chi connectivity index (χ2v) is 7.78. The Labute approximate surface area is 144 Å². The van der Waals surface area contributed by atoms with E-state index < -0.39 is 9.84 Å². The van der Waals surface area contributed by atoms with Gasteiger partial charge in [0.2, 0.25) is 9.84 Å². The number of rotatable bonds is 6. The predicted molar refractivity (Wildman–Crippen MR) is 90.8 cm³/mol. The van der Waals surface area contributed by atoms with Gasteiger partial charge in [-0.25, -0.2) is 8.42 Å². The molecular weight excluding hydrogens is 360 g/mol. The molecule has 0 atom stereocenters. The third-order valence-corrected chi connectivity index (χ3v) is 6.30. The minimum absolute atomic E-state index is 0. The van der Waals surface area contributed by atoms with Gasteiger partial charge in [0, 0.05) is 23.5 Å². The number of aliphatic hydroxyl groups is 1. The third-order valence-electron chi connectivity index (χ3n) is 2.93. The average Bonchev–Trinajstić information content (AvgIpc) is 3.02. The van der Waals surface area contributed by atoms with E-state index in [1.54, 1.807) is 6.07 Å². The first-order valence-corrected chi connectivity index (χ1v) is 8.82. The molecule has 23 heavy (non-hydrogen) atoms. The molecule has 4 N–H and O–H groups in total. The summed E-state index contributed by atoms with van der Waals surface area (Å²) in [5, 5.41) is 11.2. The molecule has 1 heterocycles. The summed E-state index contributed by atoms with van der Waals surface area (Å²) in [7, 11) is -3.60. The molecule has 2 rings (SSSR count). The maximum absolute atomic E-state index is 12.5. The highest BCUT2D eigenvalue weighted by atomic mass is 35.5. The van der Waals surface area contributed by atoms with E-state index in [2.05, 4.69) is 5.32 Å². The van der Waals surface area contributed by atoms with Crippen molar-refractivity contribution in [2.45, 2.75) is 15.6 Å². The minimum atomic E-state index is -3.60. The topological polar surface area (TPSA) is 109 Å². The molecule has 1 amide bonds. The molecule has 6 nitrogen and oxygen atoms in total. The van der Waals surface area contributed by atoms with Gasteiger partial charge in [0.05, 0.1) is 11.5 Å². The van der Waals surface area contributed by atoms with E-state index in [0.29, 0.717) is 12.1 Å². The Morgan fingerprint density at radius 3 is 2.35 bits per heavy atom. The second-order valence-electron chi connectivity index (χ2n) is 4.43. The zero-order valence-corrected chi connectivity index (χ0v) is 14.5. The van der Waals surface area contributed by atoms with E-state index in [4.69, 9.17) is 10.8 Å². The van der Waals surface area contributed by atoms with Gasteiger partial charge < -0.3 is 16.2 Å². The first kappa shape index (κ1) is 19.6. The lowest BCUT2D eigenvalue weighted by Crippen LogP contribution is -2.26. The molecule has 0 aliphatic carbocycles. The number of aliphatic hydroxyl groups excluding tert-OH is 1. The number of carbonyl (C=O) groups excluding carboxylic acids is 1. The van der Waals surface area contributed by atoms with Crippen LogP contribution in [0.5, 0.6) is 0 Å². The van der Waals surface area contributed by atoms with E-state index in [1.807, 2.05) is 0 Å². The number of nitrogens with two attached hydrogens (primary N) is 1. The number of sulfone groups is 1. The van der Waals surface area contributed by atoms with Crippen LogP contribution in [0.1, 0.15) is 15.2 Å². The SMILES string of the molecule is Cl.NCc1ccc(S(=O)(=O)c2ccc(C(=O)NCCO)cc2)s1. The first-order valence-electron chi connectivity index (χ1n) is 6.52. The summed E-state index contributed by atoms with van der Waals surface area (Å²) in [6.45, 7) is 0.292. The number of amides is 1. The molecule has 0 radical (unpaired) electrons. The molecule has 9 heteroatoms. The fourth-order valence-electron chi connectivity index (χ4n) is 1.79. The van der Waals surface area contributed by atoms with Crippen molar-refractivity contribution in [2.24, 2.45) is 5.73 Å². The molecule has 1 aromatic carbocycles. The van der Waals surface area contributed by atoms with Crippen LogP contribution in [0.25, 0.3) is 0 Å². The number of thiophene rings is 1. The molecule has 0 unspecified atom stereocenters. The van der Waals surface area contributed by atoms with Crippen molar-refractivity contribution in [3.05, 3.63) is 46.8 Å². The zero-order valence-electron chi connectivity index (χ0n) is 12.1. The molecule has 0 spiro atoms. The predicted octanol–water partition coefficient (Wildman–Crippen LogP) is 1.18. The van der Waals surface area contributed by atoms with Crippen molar-refractivity contribution in [3.63, 3.8) is 0 Å². The summed E-state index contributed by atoms with van der Waals surface area (Å²) in [5.74, 6) is -0.362. The smallest absolute Gasteiger partial charge is 0.251 e. The van der Waals surface area contributed by atoms with Gasteiger partial charge in [-0.2, -0.15) is 0 Å². The molecule has 0 saturated carbocycles. The van der Waals surface area contributed by atoms with Gasteiger partial charge in [0.15, 0.2) is 0 Å². The van der Waals surface area contributed by atoms with Crippen molar-refractivity contribution in [1.82, 2.24) is 5.32 Å². The largest absolute Gasteiger partial charge is 0.395 e. The Kier molecular flexibility index (Phi) is 7.17. The maximum Gasteiger partial charge on any atom is 0.251 e. The summed E-state index contributed by atoms with van der Waals surface area (Å²) >= 11 is 1.14. The molecule has 1 aromatic heterocycles. The van der Waals surface area contributed by atoms with E-state index >= 15 is 0 Å². The van der Waals surface area contributed by atoms with Crippen LogP contribution in [-0.4, -0.2) is 32.6 Å². The minimum Gasteiger partial charge on any atom is -0.395 e.